The number of carbonyl (C=O) groups excluding carboxylic acids is 3. The van der Waals surface area contributed by atoms with Crippen molar-refractivity contribution in [1.29, 1.82) is 0 Å². The number of esters is 3. The van der Waals surface area contributed by atoms with Crippen LogP contribution in [0.1, 0.15) is 259 Å². The fourth-order valence-electron chi connectivity index (χ4n) is 7.07. The smallest absolute Gasteiger partial charge is 0.306 e. The normalized spacial score (nSPS) is 12.6. The average molecular weight is 765 g/mol. The van der Waals surface area contributed by atoms with E-state index in [1.165, 1.54) is 148 Å². The van der Waals surface area contributed by atoms with E-state index in [2.05, 4.69) is 34.6 Å². The number of unbranched alkanes of at least 4 members (excludes halogenated alkanes) is 26. The molecule has 2 atom stereocenters. The van der Waals surface area contributed by atoms with Crippen molar-refractivity contribution in [1.82, 2.24) is 0 Å². The van der Waals surface area contributed by atoms with Crippen LogP contribution in [0.5, 0.6) is 0 Å². The van der Waals surface area contributed by atoms with Gasteiger partial charge in [-0.05, 0) is 31.1 Å². The van der Waals surface area contributed by atoms with Gasteiger partial charge >= 0.3 is 17.9 Å². The highest BCUT2D eigenvalue weighted by atomic mass is 16.6. The van der Waals surface area contributed by atoms with Crippen molar-refractivity contribution in [2.45, 2.75) is 265 Å². The van der Waals surface area contributed by atoms with Crippen LogP contribution in [0.25, 0.3) is 0 Å². The lowest BCUT2D eigenvalue weighted by molar-refractivity contribution is -0.167. The van der Waals surface area contributed by atoms with E-state index in [1.807, 2.05) is 0 Å². The number of hydrogen-bond donors (Lipinski definition) is 0. The minimum absolute atomic E-state index is 0.0648. The van der Waals surface area contributed by atoms with Crippen molar-refractivity contribution in [3.8, 4) is 0 Å². The maximum absolute atomic E-state index is 12.7. The molecule has 320 valence electrons. The molecule has 0 aromatic rings. The summed E-state index contributed by atoms with van der Waals surface area (Å²) < 4.78 is 16.7. The van der Waals surface area contributed by atoms with Gasteiger partial charge in [0.25, 0.3) is 0 Å². The van der Waals surface area contributed by atoms with Crippen LogP contribution in [-0.2, 0) is 28.6 Å². The minimum Gasteiger partial charge on any atom is -0.462 e. The molecule has 0 aliphatic heterocycles. The molecule has 0 aromatic carbocycles. The van der Waals surface area contributed by atoms with Gasteiger partial charge in [0, 0.05) is 19.3 Å². The Hall–Kier alpha value is -1.59. The summed E-state index contributed by atoms with van der Waals surface area (Å²) >= 11 is 0. The number of rotatable bonds is 42. The molecule has 6 heteroatoms. The first-order valence-corrected chi connectivity index (χ1v) is 23.8. The lowest BCUT2D eigenvalue weighted by Gasteiger charge is -2.18. The Balaban J connectivity index is 4.35. The molecule has 0 saturated carbocycles. The summed E-state index contributed by atoms with van der Waals surface area (Å²) in [5.74, 6) is 0.797. The largest absolute Gasteiger partial charge is 0.462 e. The highest BCUT2D eigenvalue weighted by Crippen LogP contribution is 2.17. The van der Waals surface area contributed by atoms with Crippen molar-refractivity contribution in [2.75, 3.05) is 13.2 Å². The van der Waals surface area contributed by atoms with Gasteiger partial charge in [-0.25, -0.2) is 0 Å². The number of ether oxygens (including phenoxy) is 3. The number of hydrogen-bond acceptors (Lipinski definition) is 6. The second-order valence-electron chi connectivity index (χ2n) is 17.1. The second kappa shape index (κ2) is 41.1. The molecule has 0 spiro atoms. The molecule has 0 rings (SSSR count). The van der Waals surface area contributed by atoms with Gasteiger partial charge in [-0.1, -0.05) is 221 Å². The molecule has 1 unspecified atom stereocenters. The van der Waals surface area contributed by atoms with Crippen LogP contribution in [0.15, 0.2) is 0 Å². The molecule has 0 aliphatic carbocycles. The Morgan fingerprint density at radius 2 is 0.704 bits per heavy atom. The standard InChI is InChI=1S/C48H92O6/c1-6-8-9-10-11-12-13-14-17-23-28-33-38-46(49)52-41-45(54-48(51)40-35-30-25-18-15-16-21-26-31-36-43(3)4)42-53-47(50)39-34-29-24-20-19-22-27-32-37-44(5)7-2/h43-45H,6-42H2,1-5H3/t44?,45-/m1/s1. The van der Waals surface area contributed by atoms with E-state index in [0.717, 1.165) is 69.6 Å². The van der Waals surface area contributed by atoms with E-state index < -0.39 is 6.10 Å². The first-order valence-electron chi connectivity index (χ1n) is 23.8. The van der Waals surface area contributed by atoms with Crippen LogP contribution in [0.3, 0.4) is 0 Å². The summed E-state index contributed by atoms with van der Waals surface area (Å²) in [4.78, 5) is 37.8. The molecular formula is C48H92O6. The van der Waals surface area contributed by atoms with Gasteiger partial charge in [0.15, 0.2) is 6.10 Å². The second-order valence-corrected chi connectivity index (χ2v) is 17.1. The lowest BCUT2D eigenvalue weighted by Crippen LogP contribution is -2.30. The average Bonchev–Trinajstić information content (AvgIpc) is 3.15. The van der Waals surface area contributed by atoms with Crippen LogP contribution >= 0.6 is 0 Å². The van der Waals surface area contributed by atoms with E-state index in [-0.39, 0.29) is 31.1 Å². The lowest BCUT2D eigenvalue weighted by atomic mass is 9.99. The molecule has 0 heterocycles. The third-order valence-corrected chi connectivity index (χ3v) is 11.1. The fourth-order valence-corrected chi connectivity index (χ4v) is 7.07. The summed E-state index contributed by atoms with van der Waals surface area (Å²) in [6.45, 7) is 11.3. The van der Waals surface area contributed by atoms with Gasteiger partial charge in [0.1, 0.15) is 13.2 Å². The third kappa shape index (κ3) is 40.1. The predicted molar refractivity (Wildman–Crippen MR) is 229 cm³/mol. The Morgan fingerprint density at radius 3 is 1.06 bits per heavy atom. The van der Waals surface area contributed by atoms with Gasteiger partial charge < -0.3 is 14.2 Å². The zero-order chi connectivity index (χ0) is 39.7. The molecule has 54 heavy (non-hydrogen) atoms. The van der Waals surface area contributed by atoms with Crippen molar-refractivity contribution in [3.05, 3.63) is 0 Å². The molecule has 0 aromatic heterocycles. The molecular weight excluding hydrogens is 673 g/mol. The summed E-state index contributed by atoms with van der Waals surface area (Å²) in [7, 11) is 0. The van der Waals surface area contributed by atoms with Crippen LogP contribution in [0.2, 0.25) is 0 Å². The Morgan fingerprint density at radius 1 is 0.389 bits per heavy atom. The van der Waals surface area contributed by atoms with E-state index in [9.17, 15) is 14.4 Å². The quantitative estimate of drug-likeness (QED) is 0.0350. The zero-order valence-corrected chi connectivity index (χ0v) is 36.8. The van der Waals surface area contributed by atoms with Crippen LogP contribution in [0.4, 0.5) is 0 Å². The molecule has 0 radical (unpaired) electrons. The summed E-state index contributed by atoms with van der Waals surface area (Å²) in [6, 6.07) is 0. The SMILES string of the molecule is CCCCCCCCCCCCCCC(=O)OC[C@H](COC(=O)CCCCCCCCCCC(C)CC)OC(=O)CCCCCCCCCCCC(C)C. The predicted octanol–water partition coefficient (Wildman–Crippen LogP) is 15.0. The highest BCUT2D eigenvalue weighted by molar-refractivity contribution is 5.71. The van der Waals surface area contributed by atoms with Crippen molar-refractivity contribution in [2.24, 2.45) is 11.8 Å². The molecule has 0 amide bonds. The van der Waals surface area contributed by atoms with Crippen LogP contribution in [0, 0.1) is 11.8 Å². The van der Waals surface area contributed by atoms with Gasteiger partial charge in [-0.2, -0.15) is 0 Å². The van der Waals surface area contributed by atoms with Crippen LogP contribution < -0.4 is 0 Å². The monoisotopic (exact) mass is 765 g/mol. The van der Waals surface area contributed by atoms with Gasteiger partial charge in [0.2, 0.25) is 0 Å². The first kappa shape index (κ1) is 52.4. The molecule has 0 N–H and O–H groups in total. The highest BCUT2D eigenvalue weighted by Gasteiger charge is 2.19. The fraction of sp³-hybridized carbons (Fsp3) is 0.938. The Kier molecular flexibility index (Phi) is 39.8. The minimum atomic E-state index is -0.761. The zero-order valence-electron chi connectivity index (χ0n) is 36.8. The molecule has 0 aliphatic rings. The number of carbonyl (C=O) groups is 3. The van der Waals surface area contributed by atoms with E-state index in [4.69, 9.17) is 14.2 Å². The van der Waals surface area contributed by atoms with Gasteiger partial charge in [0.05, 0.1) is 0 Å². The maximum atomic E-state index is 12.7. The maximum Gasteiger partial charge on any atom is 0.306 e. The molecule has 0 fully saturated rings. The van der Waals surface area contributed by atoms with Gasteiger partial charge in [-0.15, -0.1) is 0 Å². The Bertz CT molecular complexity index is 826. The summed E-state index contributed by atoms with van der Waals surface area (Å²) in [5, 5.41) is 0. The Labute approximate surface area is 336 Å². The van der Waals surface area contributed by atoms with Crippen molar-refractivity contribution < 1.29 is 28.6 Å². The van der Waals surface area contributed by atoms with Crippen molar-refractivity contribution in [3.63, 3.8) is 0 Å². The third-order valence-electron chi connectivity index (χ3n) is 11.1. The van der Waals surface area contributed by atoms with Crippen molar-refractivity contribution >= 4 is 17.9 Å². The summed E-state index contributed by atoms with van der Waals surface area (Å²) in [6.07, 6.45) is 39.4. The molecule has 0 saturated heterocycles. The van der Waals surface area contributed by atoms with E-state index in [1.54, 1.807) is 0 Å². The topological polar surface area (TPSA) is 78.9 Å². The first-order chi connectivity index (χ1) is 26.3. The van der Waals surface area contributed by atoms with E-state index in [0.29, 0.717) is 19.3 Å². The van der Waals surface area contributed by atoms with Crippen LogP contribution in [-0.4, -0.2) is 37.2 Å². The molecule has 6 nitrogen and oxygen atoms in total. The molecule has 0 bridgehead atoms. The summed E-state index contributed by atoms with van der Waals surface area (Å²) in [5.41, 5.74) is 0. The van der Waals surface area contributed by atoms with Gasteiger partial charge in [-0.3, -0.25) is 14.4 Å². The van der Waals surface area contributed by atoms with E-state index >= 15 is 0 Å².